The van der Waals surface area contributed by atoms with Crippen LogP contribution in [0.3, 0.4) is 0 Å². The molecule has 1 aromatic carbocycles. The second kappa shape index (κ2) is 7.31. The highest BCUT2D eigenvalue weighted by molar-refractivity contribution is 6.16. The van der Waals surface area contributed by atoms with E-state index in [1.807, 2.05) is 0 Å². The van der Waals surface area contributed by atoms with Crippen LogP contribution in [-0.2, 0) is 9.47 Å². The Hall–Kier alpha value is -2.65. The molecule has 29 heavy (non-hydrogen) atoms. The molecule has 12 heteroatoms. The Bertz CT molecular complexity index is 1050. The number of nitrogen functional groups attached to an aromatic ring is 1. The van der Waals surface area contributed by atoms with Crippen LogP contribution in [0.2, 0.25) is 0 Å². The largest absolute Gasteiger partial charge is 0.461 e. The van der Waals surface area contributed by atoms with Crippen molar-refractivity contribution in [2.24, 2.45) is 0 Å². The van der Waals surface area contributed by atoms with Crippen LogP contribution in [-0.4, -0.2) is 79.3 Å². The third kappa shape index (κ3) is 3.34. The van der Waals surface area contributed by atoms with Crippen LogP contribution in [0.4, 0.5) is 5.82 Å². The van der Waals surface area contributed by atoms with E-state index in [0.717, 1.165) is 0 Å². The van der Waals surface area contributed by atoms with E-state index in [9.17, 15) is 15.0 Å². The van der Waals surface area contributed by atoms with Crippen molar-refractivity contribution in [3.63, 3.8) is 0 Å². The summed E-state index contributed by atoms with van der Waals surface area (Å²) >= 11 is 0. The maximum Gasteiger partial charge on any atom is 0.338 e. The first-order chi connectivity index (χ1) is 13.8. The molecule has 4 N–H and O–H groups in total. The number of fused-ring (bicyclic) bond motifs is 1. The zero-order valence-electron chi connectivity index (χ0n) is 14.8. The van der Waals surface area contributed by atoms with Crippen molar-refractivity contribution in [2.75, 3.05) is 5.73 Å². The average molecular weight is 426 g/mol. The quantitative estimate of drug-likeness (QED) is 0.349. The minimum Gasteiger partial charge on any atom is -0.461 e. The molecule has 1 unspecified atom stereocenters. The molecule has 1 saturated heterocycles. The van der Waals surface area contributed by atoms with Crippen molar-refractivity contribution >= 4 is 43.4 Å². The van der Waals surface area contributed by atoms with Gasteiger partial charge in [0.25, 0.3) is 0 Å². The molecule has 0 saturated carbocycles. The van der Waals surface area contributed by atoms with E-state index in [4.69, 9.17) is 15.2 Å². The average Bonchev–Trinajstić information content (AvgIpc) is 3.22. The zero-order chi connectivity index (χ0) is 20.8. The highest BCUT2D eigenvalue weighted by atomic mass is 28.1. The van der Waals surface area contributed by atoms with E-state index in [2.05, 4.69) is 35.4 Å². The molecule has 3 aromatic rings. The summed E-state index contributed by atoms with van der Waals surface area (Å²) in [6.07, 6.45) is -1.11. The molecule has 1 fully saturated rings. The van der Waals surface area contributed by atoms with Crippen LogP contribution in [0.25, 0.3) is 11.2 Å². The number of benzene rings is 1. The standard InChI is InChI=1S/C17H15N5O5Si2/c18-12-9-13(20-6-19-12)22(7-21-9)16-17(25,29)11(23)10(26-16)15(28)27-14(24)8-4-2-1-3-5-8/h1-7,10-11,15-16,23,25H,(H2,18,19,20)/t10-,11+,15?,16+,17-/m0/s1. The van der Waals surface area contributed by atoms with Crippen molar-refractivity contribution in [1.29, 1.82) is 0 Å². The van der Waals surface area contributed by atoms with Gasteiger partial charge in [0.05, 0.1) is 32.4 Å². The monoisotopic (exact) mass is 425 g/mol. The van der Waals surface area contributed by atoms with Gasteiger partial charge in [-0.05, 0) is 12.1 Å². The summed E-state index contributed by atoms with van der Waals surface area (Å²) in [7, 11) is 6.45. The number of aromatic nitrogens is 4. The van der Waals surface area contributed by atoms with Gasteiger partial charge in [0.2, 0.25) is 0 Å². The van der Waals surface area contributed by atoms with E-state index < -0.39 is 35.4 Å². The number of imidazole rings is 1. The molecule has 4 rings (SSSR count). The molecule has 0 bridgehead atoms. The SMILES string of the molecule is Nc1ncnc2c1ncn2[C@@H]1O[C@H](C([Si])OC(=O)c2ccccc2)[C@@H](O)[C@]1(O)[Si]. The first-order valence-electron chi connectivity index (χ1n) is 8.51. The molecule has 1 aliphatic rings. The number of aliphatic hydroxyl groups excluding tert-OH is 1. The maximum absolute atomic E-state index is 12.3. The van der Waals surface area contributed by atoms with E-state index in [1.165, 1.54) is 17.2 Å². The van der Waals surface area contributed by atoms with Gasteiger partial charge in [0, 0.05) is 0 Å². The third-order valence-corrected chi connectivity index (χ3v) is 5.60. The summed E-state index contributed by atoms with van der Waals surface area (Å²) in [5.41, 5.74) is 5.70. The van der Waals surface area contributed by atoms with E-state index in [1.54, 1.807) is 30.3 Å². The molecule has 5 atom stereocenters. The highest BCUT2D eigenvalue weighted by Crippen LogP contribution is 2.39. The van der Waals surface area contributed by atoms with Gasteiger partial charge in [0.15, 0.2) is 17.7 Å². The first kappa shape index (κ1) is 19.7. The lowest BCUT2D eigenvalue weighted by atomic mass is 10.1. The van der Waals surface area contributed by atoms with Crippen LogP contribution < -0.4 is 5.73 Å². The van der Waals surface area contributed by atoms with Gasteiger partial charge in [-0.2, -0.15) is 0 Å². The van der Waals surface area contributed by atoms with Gasteiger partial charge < -0.3 is 25.4 Å². The fraction of sp³-hybridized carbons (Fsp3) is 0.294. The third-order valence-electron chi connectivity index (χ3n) is 4.61. The molecular weight excluding hydrogens is 410 g/mol. The summed E-state index contributed by atoms with van der Waals surface area (Å²) < 4.78 is 12.6. The number of hydrogen-bond acceptors (Lipinski definition) is 9. The van der Waals surface area contributed by atoms with Gasteiger partial charge in [-0.15, -0.1) is 0 Å². The van der Waals surface area contributed by atoms with Crippen molar-refractivity contribution in [2.45, 2.75) is 29.4 Å². The number of nitrogens with two attached hydrogens (primary N) is 1. The van der Waals surface area contributed by atoms with Crippen LogP contribution >= 0.6 is 0 Å². The lowest BCUT2D eigenvalue weighted by Gasteiger charge is -2.27. The predicted octanol–water partition coefficient (Wildman–Crippen LogP) is -1.12. The minimum absolute atomic E-state index is 0.163. The Labute approximate surface area is 171 Å². The zero-order valence-corrected chi connectivity index (χ0v) is 16.8. The van der Waals surface area contributed by atoms with E-state index in [-0.39, 0.29) is 5.82 Å². The molecule has 146 valence electrons. The Morgan fingerprint density at radius 2 is 2.03 bits per heavy atom. The number of carbonyl (C=O) groups excluding carboxylic acids is 1. The molecule has 1 aliphatic heterocycles. The van der Waals surface area contributed by atoms with Crippen molar-refractivity contribution in [3.05, 3.63) is 48.5 Å². The molecule has 0 spiro atoms. The second-order valence-electron chi connectivity index (χ2n) is 6.50. The van der Waals surface area contributed by atoms with Crippen molar-refractivity contribution in [3.8, 4) is 0 Å². The van der Waals surface area contributed by atoms with Gasteiger partial charge in [0.1, 0.15) is 35.0 Å². The summed E-state index contributed by atoms with van der Waals surface area (Å²) in [5, 5.41) is 19.5. The van der Waals surface area contributed by atoms with Crippen molar-refractivity contribution in [1.82, 2.24) is 19.5 Å². The molecule has 0 amide bonds. The lowest BCUT2D eigenvalue weighted by molar-refractivity contribution is -0.0724. The highest BCUT2D eigenvalue weighted by Gasteiger charge is 2.55. The number of hydrogen-bond donors (Lipinski definition) is 3. The molecule has 10 nitrogen and oxygen atoms in total. The number of carbonyl (C=O) groups is 1. The Balaban J connectivity index is 1.59. The number of esters is 1. The molecular formula is C17H15N5O5Si2. The number of rotatable bonds is 4. The van der Waals surface area contributed by atoms with Crippen LogP contribution in [0.5, 0.6) is 0 Å². The van der Waals surface area contributed by atoms with Crippen molar-refractivity contribution < 1.29 is 24.5 Å². The molecule has 2 aromatic heterocycles. The Morgan fingerprint density at radius 1 is 1.31 bits per heavy atom. The lowest BCUT2D eigenvalue weighted by Crippen LogP contribution is -2.49. The maximum atomic E-state index is 12.3. The Kier molecular flexibility index (Phi) is 4.96. The van der Waals surface area contributed by atoms with Crippen LogP contribution in [0.1, 0.15) is 16.6 Å². The fourth-order valence-corrected chi connectivity index (χ4v) is 3.84. The van der Waals surface area contributed by atoms with Crippen LogP contribution in [0, 0.1) is 0 Å². The fourth-order valence-electron chi connectivity index (χ4n) is 3.10. The number of anilines is 1. The van der Waals surface area contributed by atoms with Gasteiger partial charge in [-0.3, -0.25) is 4.57 Å². The summed E-state index contributed by atoms with van der Waals surface area (Å²) in [6.45, 7) is 0. The number of aliphatic hydroxyl groups is 2. The first-order valence-corrected chi connectivity index (χ1v) is 9.59. The molecule has 3 heterocycles. The minimum atomic E-state index is -1.93. The number of ether oxygens (including phenoxy) is 2. The summed E-state index contributed by atoms with van der Waals surface area (Å²) in [5.74, 6) is -0.452. The van der Waals surface area contributed by atoms with Gasteiger partial charge >= 0.3 is 5.97 Å². The van der Waals surface area contributed by atoms with E-state index >= 15 is 0 Å². The smallest absolute Gasteiger partial charge is 0.338 e. The van der Waals surface area contributed by atoms with Gasteiger partial charge in [-0.1, -0.05) is 18.2 Å². The molecule has 0 aliphatic carbocycles. The second-order valence-corrected chi connectivity index (χ2v) is 7.87. The summed E-state index contributed by atoms with van der Waals surface area (Å²) in [4.78, 5) is 24.4. The number of nitrogens with zero attached hydrogens (tertiary/aromatic N) is 4. The topological polar surface area (TPSA) is 146 Å². The predicted molar refractivity (Wildman–Crippen MR) is 102 cm³/mol. The summed E-state index contributed by atoms with van der Waals surface area (Å²) in [6, 6.07) is 8.36. The normalized spacial score (nSPS) is 27.8. The van der Waals surface area contributed by atoms with E-state index in [0.29, 0.717) is 16.7 Å². The Morgan fingerprint density at radius 3 is 2.76 bits per heavy atom. The molecule has 6 radical (unpaired) electrons. The van der Waals surface area contributed by atoms with Gasteiger partial charge in [-0.25, -0.2) is 19.7 Å². The van der Waals surface area contributed by atoms with Crippen LogP contribution in [0.15, 0.2) is 43.0 Å².